The summed E-state index contributed by atoms with van der Waals surface area (Å²) in [5, 5.41) is 12.3. The van der Waals surface area contributed by atoms with E-state index in [1.54, 1.807) is 19.1 Å². The summed E-state index contributed by atoms with van der Waals surface area (Å²) in [5.74, 6) is -0.938. The number of amides is 1. The Balaban J connectivity index is 2.25. The van der Waals surface area contributed by atoms with Crippen molar-refractivity contribution >= 4 is 23.2 Å². The van der Waals surface area contributed by atoms with E-state index in [4.69, 9.17) is 11.6 Å². The molecule has 0 atom stereocenters. The normalized spacial score (nSPS) is 10.3. The van der Waals surface area contributed by atoms with Crippen LogP contribution in [-0.4, -0.2) is 11.0 Å². The summed E-state index contributed by atoms with van der Waals surface area (Å²) < 4.78 is 13.1. The highest BCUT2D eigenvalue weighted by molar-refractivity contribution is 6.33. The van der Waals surface area contributed by atoms with Gasteiger partial charge in [-0.25, -0.2) is 4.39 Å². The third-order valence-electron chi connectivity index (χ3n) is 2.65. The molecule has 3 nitrogen and oxygen atoms in total. The van der Waals surface area contributed by atoms with Crippen LogP contribution in [0.1, 0.15) is 15.9 Å². The molecule has 5 heteroatoms. The number of carbonyl (C=O) groups excluding carboxylic acids is 1. The third-order valence-corrected chi connectivity index (χ3v) is 2.98. The van der Waals surface area contributed by atoms with Gasteiger partial charge in [-0.05, 0) is 42.8 Å². The van der Waals surface area contributed by atoms with E-state index < -0.39 is 11.7 Å². The van der Waals surface area contributed by atoms with E-state index in [9.17, 15) is 14.3 Å². The van der Waals surface area contributed by atoms with E-state index in [1.807, 2.05) is 0 Å². The molecule has 0 saturated heterocycles. The molecule has 2 N–H and O–H groups in total. The van der Waals surface area contributed by atoms with Gasteiger partial charge in [-0.15, -0.1) is 0 Å². The van der Waals surface area contributed by atoms with Crippen LogP contribution in [0.15, 0.2) is 36.4 Å². The Kier molecular flexibility index (Phi) is 3.71. The second-order valence-electron chi connectivity index (χ2n) is 4.08. The number of hydrogen-bond acceptors (Lipinski definition) is 2. The zero-order valence-electron chi connectivity index (χ0n) is 10.1. The van der Waals surface area contributed by atoms with Gasteiger partial charge in [-0.3, -0.25) is 4.79 Å². The molecule has 0 bridgehead atoms. The lowest BCUT2D eigenvalue weighted by Crippen LogP contribution is -2.12. The number of rotatable bonds is 2. The lowest BCUT2D eigenvalue weighted by atomic mass is 10.1. The SMILES string of the molecule is Cc1ccc(C(=O)Nc2cc(F)ccc2Cl)cc1O. The van der Waals surface area contributed by atoms with Gasteiger partial charge in [0.25, 0.3) is 5.91 Å². The highest BCUT2D eigenvalue weighted by Crippen LogP contribution is 2.24. The van der Waals surface area contributed by atoms with Crippen molar-refractivity contribution in [2.45, 2.75) is 6.92 Å². The van der Waals surface area contributed by atoms with Crippen LogP contribution in [-0.2, 0) is 0 Å². The third kappa shape index (κ3) is 3.03. The molecule has 0 spiro atoms. The highest BCUT2D eigenvalue weighted by atomic mass is 35.5. The van der Waals surface area contributed by atoms with E-state index in [1.165, 1.54) is 18.2 Å². The number of aryl methyl sites for hydroxylation is 1. The molecule has 0 aliphatic rings. The fourth-order valence-corrected chi connectivity index (χ4v) is 1.70. The Hall–Kier alpha value is -2.07. The Morgan fingerprint density at radius 1 is 1.26 bits per heavy atom. The number of carbonyl (C=O) groups is 1. The van der Waals surface area contributed by atoms with Crippen LogP contribution in [0.2, 0.25) is 5.02 Å². The minimum atomic E-state index is -0.494. The van der Waals surface area contributed by atoms with Gasteiger partial charge < -0.3 is 10.4 Å². The van der Waals surface area contributed by atoms with Crippen LogP contribution in [0, 0.1) is 12.7 Å². The topological polar surface area (TPSA) is 49.3 Å². The fraction of sp³-hybridized carbons (Fsp3) is 0.0714. The van der Waals surface area contributed by atoms with E-state index in [0.717, 1.165) is 6.07 Å². The summed E-state index contributed by atoms with van der Waals surface area (Å²) in [4.78, 5) is 11.9. The van der Waals surface area contributed by atoms with Crippen LogP contribution in [0.25, 0.3) is 0 Å². The van der Waals surface area contributed by atoms with Gasteiger partial charge in [-0.2, -0.15) is 0 Å². The number of hydrogen-bond donors (Lipinski definition) is 2. The second-order valence-corrected chi connectivity index (χ2v) is 4.49. The molecule has 0 unspecified atom stereocenters. The van der Waals surface area contributed by atoms with Crippen molar-refractivity contribution in [3.63, 3.8) is 0 Å². The Labute approximate surface area is 114 Å². The number of phenols is 1. The maximum absolute atomic E-state index is 13.1. The Bertz CT molecular complexity index is 643. The van der Waals surface area contributed by atoms with Crippen molar-refractivity contribution in [2.24, 2.45) is 0 Å². The van der Waals surface area contributed by atoms with Crippen LogP contribution >= 0.6 is 11.6 Å². The standard InChI is InChI=1S/C14H11ClFNO2/c1-8-2-3-9(6-13(8)18)14(19)17-12-7-10(16)4-5-11(12)15/h2-7,18H,1H3,(H,17,19). The number of benzene rings is 2. The lowest BCUT2D eigenvalue weighted by Gasteiger charge is -2.08. The first-order valence-electron chi connectivity index (χ1n) is 5.53. The van der Waals surface area contributed by atoms with Crippen LogP contribution in [0.5, 0.6) is 5.75 Å². The number of nitrogens with one attached hydrogen (secondary N) is 1. The van der Waals surface area contributed by atoms with E-state index in [-0.39, 0.29) is 22.0 Å². The van der Waals surface area contributed by atoms with Crippen molar-refractivity contribution < 1.29 is 14.3 Å². The van der Waals surface area contributed by atoms with Gasteiger partial charge >= 0.3 is 0 Å². The number of halogens is 2. The summed E-state index contributed by atoms with van der Waals surface area (Å²) in [7, 11) is 0. The first-order valence-corrected chi connectivity index (χ1v) is 5.91. The zero-order chi connectivity index (χ0) is 14.0. The van der Waals surface area contributed by atoms with Crippen molar-refractivity contribution in [1.29, 1.82) is 0 Å². The number of phenolic OH excluding ortho intramolecular Hbond substituents is 1. The minimum absolute atomic E-state index is 0.0259. The molecule has 0 aliphatic carbocycles. The van der Waals surface area contributed by atoms with Gasteiger partial charge in [0.15, 0.2) is 0 Å². The van der Waals surface area contributed by atoms with Crippen molar-refractivity contribution in [1.82, 2.24) is 0 Å². The van der Waals surface area contributed by atoms with Crippen LogP contribution in [0.4, 0.5) is 10.1 Å². The molecule has 98 valence electrons. The molecule has 0 aromatic heterocycles. The summed E-state index contributed by atoms with van der Waals surface area (Å²) in [5.41, 5.74) is 1.12. The molecule has 1 amide bonds. The summed E-state index contributed by atoms with van der Waals surface area (Å²) in [6.45, 7) is 1.72. The van der Waals surface area contributed by atoms with E-state index in [0.29, 0.717) is 5.56 Å². The van der Waals surface area contributed by atoms with Crippen molar-refractivity contribution in [3.8, 4) is 5.75 Å². The first-order chi connectivity index (χ1) is 8.97. The van der Waals surface area contributed by atoms with Gasteiger partial charge in [0.2, 0.25) is 0 Å². The molecular weight excluding hydrogens is 269 g/mol. The summed E-state index contributed by atoms with van der Waals surface area (Å²) in [6.07, 6.45) is 0. The second kappa shape index (κ2) is 5.28. The predicted octanol–water partition coefficient (Wildman–Crippen LogP) is 3.75. The lowest BCUT2D eigenvalue weighted by molar-refractivity contribution is 0.102. The molecule has 2 aromatic rings. The van der Waals surface area contributed by atoms with Gasteiger partial charge in [0, 0.05) is 5.56 Å². The van der Waals surface area contributed by atoms with Gasteiger partial charge in [0.1, 0.15) is 11.6 Å². The molecule has 0 saturated carbocycles. The molecule has 0 radical (unpaired) electrons. The monoisotopic (exact) mass is 279 g/mol. The van der Waals surface area contributed by atoms with E-state index >= 15 is 0 Å². The van der Waals surface area contributed by atoms with Crippen LogP contribution < -0.4 is 5.32 Å². The molecule has 2 aromatic carbocycles. The largest absolute Gasteiger partial charge is 0.508 e. The zero-order valence-corrected chi connectivity index (χ0v) is 10.8. The Morgan fingerprint density at radius 2 is 2.00 bits per heavy atom. The molecule has 19 heavy (non-hydrogen) atoms. The fourth-order valence-electron chi connectivity index (χ4n) is 1.54. The highest BCUT2D eigenvalue weighted by Gasteiger charge is 2.10. The van der Waals surface area contributed by atoms with Gasteiger partial charge in [0.05, 0.1) is 10.7 Å². The van der Waals surface area contributed by atoms with Crippen molar-refractivity contribution in [2.75, 3.05) is 5.32 Å². The number of anilines is 1. The Morgan fingerprint density at radius 3 is 2.68 bits per heavy atom. The summed E-state index contributed by atoms with van der Waals surface area (Å²) >= 11 is 5.85. The van der Waals surface area contributed by atoms with E-state index in [2.05, 4.69) is 5.32 Å². The minimum Gasteiger partial charge on any atom is -0.508 e. The molecule has 0 heterocycles. The van der Waals surface area contributed by atoms with Crippen molar-refractivity contribution in [3.05, 3.63) is 58.4 Å². The maximum atomic E-state index is 13.1. The molecule has 2 rings (SSSR count). The molecule has 0 fully saturated rings. The predicted molar refractivity (Wildman–Crippen MR) is 72.2 cm³/mol. The molecule has 0 aliphatic heterocycles. The van der Waals surface area contributed by atoms with Crippen LogP contribution in [0.3, 0.4) is 0 Å². The quantitative estimate of drug-likeness (QED) is 0.880. The number of aromatic hydroxyl groups is 1. The van der Waals surface area contributed by atoms with Gasteiger partial charge in [-0.1, -0.05) is 17.7 Å². The molecular formula is C14H11ClFNO2. The summed E-state index contributed by atoms with van der Waals surface area (Å²) in [6, 6.07) is 8.23. The average Bonchev–Trinajstić information content (AvgIpc) is 2.37. The smallest absolute Gasteiger partial charge is 0.255 e. The average molecular weight is 280 g/mol. The maximum Gasteiger partial charge on any atom is 0.255 e. The first kappa shape index (κ1) is 13.4.